The summed E-state index contributed by atoms with van der Waals surface area (Å²) in [5, 5.41) is 2.10. The lowest BCUT2D eigenvalue weighted by atomic mass is 10.2. The molecule has 0 spiro atoms. The number of para-hydroxylation sites is 1. The maximum atomic E-state index is 4.91. The number of benzene rings is 1. The van der Waals surface area contributed by atoms with Crippen LogP contribution in [0, 0.1) is 0 Å². The molecule has 4 heteroatoms. The van der Waals surface area contributed by atoms with Crippen molar-refractivity contribution >= 4 is 38.7 Å². The van der Waals surface area contributed by atoms with Crippen LogP contribution in [0.1, 0.15) is 6.92 Å². The number of anilines is 2. The van der Waals surface area contributed by atoms with E-state index in [-0.39, 0.29) is 0 Å². The zero-order valence-electron chi connectivity index (χ0n) is 11.7. The highest BCUT2D eigenvalue weighted by atomic mass is 32.1. The molecule has 4 rings (SSSR count). The lowest BCUT2D eigenvalue weighted by Crippen LogP contribution is -2.18. The second-order valence-corrected chi connectivity index (χ2v) is 5.78. The van der Waals surface area contributed by atoms with E-state index in [0.717, 1.165) is 22.7 Å². The van der Waals surface area contributed by atoms with Crippen LogP contribution in [0.5, 0.6) is 0 Å². The Morgan fingerprint density at radius 1 is 1.05 bits per heavy atom. The largest absolute Gasteiger partial charge is 0.325 e. The van der Waals surface area contributed by atoms with E-state index in [4.69, 9.17) is 4.98 Å². The van der Waals surface area contributed by atoms with Crippen LogP contribution in [-0.4, -0.2) is 15.9 Å². The van der Waals surface area contributed by atoms with Crippen molar-refractivity contribution in [2.45, 2.75) is 6.92 Å². The van der Waals surface area contributed by atoms with Crippen LogP contribution in [0.4, 0.5) is 11.5 Å². The van der Waals surface area contributed by atoms with Gasteiger partial charge in [-0.2, -0.15) is 0 Å². The SMILES string of the molecule is CCN(c1ccccc1)c1nc2sccc2n2cccc12. The Hall–Kier alpha value is -2.33. The highest BCUT2D eigenvalue weighted by molar-refractivity contribution is 7.16. The Kier molecular flexibility index (Phi) is 2.89. The minimum absolute atomic E-state index is 0.884. The lowest BCUT2D eigenvalue weighted by molar-refractivity contribution is 0.996. The zero-order valence-corrected chi connectivity index (χ0v) is 12.5. The van der Waals surface area contributed by atoms with E-state index in [1.165, 1.54) is 11.2 Å². The second-order valence-electron chi connectivity index (χ2n) is 4.89. The van der Waals surface area contributed by atoms with E-state index in [2.05, 4.69) is 70.3 Å². The van der Waals surface area contributed by atoms with Crippen molar-refractivity contribution < 1.29 is 0 Å². The summed E-state index contributed by atoms with van der Waals surface area (Å²) in [4.78, 5) is 8.24. The van der Waals surface area contributed by atoms with Gasteiger partial charge in [0.15, 0.2) is 5.82 Å². The minimum atomic E-state index is 0.884. The van der Waals surface area contributed by atoms with E-state index < -0.39 is 0 Å². The topological polar surface area (TPSA) is 20.5 Å². The van der Waals surface area contributed by atoms with Gasteiger partial charge in [-0.1, -0.05) is 18.2 Å². The monoisotopic (exact) mass is 293 g/mol. The maximum Gasteiger partial charge on any atom is 0.159 e. The normalized spacial score (nSPS) is 11.3. The molecular weight excluding hydrogens is 278 g/mol. The van der Waals surface area contributed by atoms with Gasteiger partial charge in [0.2, 0.25) is 0 Å². The van der Waals surface area contributed by atoms with Gasteiger partial charge < -0.3 is 9.30 Å². The summed E-state index contributed by atoms with van der Waals surface area (Å²) in [7, 11) is 0. The Bertz CT molecular complexity index is 892. The van der Waals surface area contributed by atoms with E-state index in [1.807, 2.05) is 6.07 Å². The van der Waals surface area contributed by atoms with Crippen molar-refractivity contribution in [2.24, 2.45) is 0 Å². The molecule has 0 bridgehead atoms. The average Bonchev–Trinajstić information content (AvgIpc) is 3.17. The molecule has 0 saturated carbocycles. The fourth-order valence-corrected chi connectivity index (χ4v) is 3.50. The summed E-state index contributed by atoms with van der Waals surface area (Å²) < 4.78 is 2.22. The van der Waals surface area contributed by atoms with Gasteiger partial charge in [0.05, 0.1) is 11.0 Å². The molecule has 3 aromatic heterocycles. The van der Waals surface area contributed by atoms with Gasteiger partial charge in [0.1, 0.15) is 4.83 Å². The Morgan fingerprint density at radius 2 is 1.90 bits per heavy atom. The molecule has 0 aliphatic rings. The third-order valence-electron chi connectivity index (χ3n) is 3.71. The number of hydrogen-bond donors (Lipinski definition) is 0. The van der Waals surface area contributed by atoms with E-state index in [1.54, 1.807) is 11.3 Å². The summed E-state index contributed by atoms with van der Waals surface area (Å²) in [6.07, 6.45) is 2.11. The average molecular weight is 293 g/mol. The summed E-state index contributed by atoms with van der Waals surface area (Å²) in [6, 6.07) is 16.8. The number of hydrogen-bond acceptors (Lipinski definition) is 3. The number of aromatic nitrogens is 2. The molecule has 0 aliphatic heterocycles. The molecule has 3 heterocycles. The number of nitrogens with zero attached hydrogens (tertiary/aromatic N) is 3. The first kappa shape index (κ1) is 12.4. The summed E-state index contributed by atoms with van der Waals surface area (Å²) in [5.41, 5.74) is 3.49. The Labute approximate surface area is 127 Å². The predicted octanol–water partition coefficient (Wildman–Crippen LogP) is 4.71. The van der Waals surface area contributed by atoms with Gasteiger partial charge in [-0.3, -0.25) is 0 Å². The fraction of sp³-hybridized carbons (Fsp3) is 0.118. The van der Waals surface area contributed by atoms with Crippen LogP contribution in [0.15, 0.2) is 60.1 Å². The van der Waals surface area contributed by atoms with Crippen LogP contribution in [0.2, 0.25) is 0 Å². The summed E-state index contributed by atoms with van der Waals surface area (Å²) in [5.74, 6) is 1.02. The molecule has 104 valence electrons. The molecule has 4 aromatic rings. The molecule has 21 heavy (non-hydrogen) atoms. The van der Waals surface area contributed by atoms with Crippen molar-refractivity contribution in [2.75, 3.05) is 11.4 Å². The fourth-order valence-electron chi connectivity index (χ4n) is 2.75. The highest BCUT2D eigenvalue weighted by Gasteiger charge is 2.15. The van der Waals surface area contributed by atoms with Crippen molar-refractivity contribution in [1.82, 2.24) is 9.38 Å². The number of thiophene rings is 1. The van der Waals surface area contributed by atoms with E-state index >= 15 is 0 Å². The maximum absolute atomic E-state index is 4.91. The molecule has 0 amide bonds. The minimum Gasteiger partial charge on any atom is -0.325 e. The second kappa shape index (κ2) is 4.90. The Balaban J connectivity index is 2.00. The lowest BCUT2D eigenvalue weighted by Gasteiger charge is -2.23. The van der Waals surface area contributed by atoms with E-state index in [0.29, 0.717) is 0 Å². The van der Waals surface area contributed by atoms with Crippen LogP contribution in [0.25, 0.3) is 15.9 Å². The van der Waals surface area contributed by atoms with Crippen molar-refractivity contribution in [3.05, 3.63) is 60.1 Å². The third kappa shape index (κ3) is 1.91. The quantitative estimate of drug-likeness (QED) is 0.545. The van der Waals surface area contributed by atoms with Crippen molar-refractivity contribution in [3.63, 3.8) is 0 Å². The third-order valence-corrected chi connectivity index (χ3v) is 4.51. The molecule has 0 saturated heterocycles. The molecule has 0 aliphatic carbocycles. The first-order valence-corrected chi connectivity index (χ1v) is 7.93. The van der Waals surface area contributed by atoms with Crippen LogP contribution < -0.4 is 4.90 Å². The smallest absolute Gasteiger partial charge is 0.159 e. The predicted molar refractivity (Wildman–Crippen MR) is 89.7 cm³/mol. The number of rotatable bonds is 3. The molecule has 0 N–H and O–H groups in total. The van der Waals surface area contributed by atoms with Gasteiger partial charge in [-0.05, 0) is 42.6 Å². The zero-order chi connectivity index (χ0) is 14.2. The van der Waals surface area contributed by atoms with Gasteiger partial charge >= 0.3 is 0 Å². The number of fused-ring (bicyclic) bond motifs is 3. The molecule has 0 unspecified atom stereocenters. The van der Waals surface area contributed by atoms with Crippen LogP contribution >= 0.6 is 11.3 Å². The first-order chi connectivity index (χ1) is 10.4. The molecular formula is C17H15N3S. The van der Waals surface area contributed by atoms with Crippen LogP contribution in [-0.2, 0) is 0 Å². The van der Waals surface area contributed by atoms with Gasteiger partial charge in [0.25, 0.3) is 0 Å². The van der Waals surface area contributed by atoms with Gasteiger partial charge in [-0.25, -0.2) is 4.98 Å². The standard InChI is InChI=1S/C17H15N3S/c1-2-19(13-7-4-3-5-8-13)16-14-9-6-11-20(14)15-10-12-21-17(15)18-16/h3-12H,2H2,1H3. The molecule has 3 nitrogen and oxygen atoms in total. The summed E-state index contributed by atoms with van der Waals surface area (Å²) in [6.45, 7) is 3.04. The first-order valence-electron chi connectivity index (χ1n) is 7.05. The van der Waals surface area contributed by atoms with Crippen LogP contribution in [0.3, 0.4) is 0 Å². The molecule has 1 aromatic carbocycles. The van der Waals surface area contributed by atoms with Gasteiger partial charge in [-0.15, -0.1) is 11.3 Å². The molecule has 0 fully saturated rings. The molecule has 0 radical (unpaired) electrons. The van der Waals surface area contributed by atoms with Crippen molar-refractivity contribution in [1.29, 1.82) is 0 Å². The summed E-state index contributed by atoms with van der Waals surface area (Å²) >= 11 is 1.68. The Morgan fingerprint density at radius 3 is 2.71 bits per heavy atom. The van der Waals surface area contributed by atoms with Crippen molar-refractivity contribution in [3.8, 4) is 0 Å². The molecule has 0 atom stereocenters. The van der Waals surface area contributed by atoms with Gasteiger partial charge in [0, 0.05) is 18.4 Å². The highest BCUT2D eigenvalue weighted by Crippen LogP contribution is 2.31. The van der Waals surface area contributed by atoms with E-state index in [9.17, 15) is 0 Å².